The number of methoxy groups -OCH3 is 1. The first kappa shape index (κ1) is 18.1. The van der Waals surface area contributed by atoms with Gasteiger partial charge >= 0.3 is 0 Å². The summed E-state index contributed by atoms with van der Waals surface area (Å²) in [6.45, 7) is 3.41. The lowest BCUT2D eigenvalue weighted by atomic mass is 10.5. The Hall–Kier alpha value is 0.0800. The Kier molecular flexibility index (Phi) is 12.2. The lowest BCUT2D eigenvalue weighted by molar-refractivity contribution is 0.00383. The highest BCUT2D eigenvalue weighted by molar-refractivity contribution is 8.13. The Morgan fingerprint density at radius 3 is 1.72 bits per heavy atom. The van der Waals surface area contributed by atoms with Crippen LogP contribution in [-0.2, 0) is 28.0 Å². The second-order valence-electron chi connectivity index (χ2n) is 3.43. The molecule has 18 heavy (non-hydrogen) atoms. The van der Waals surface area contributed by atoms with E-state index in [-0.39, 0.29) is 5.75 Å². The SMILES string of the molecule is COCCOCCOCCOCCCS(=O)(=O)Cl. The molecule has 0 spiro atoms. The van der Waals surface area contributed by atoms with Gasteiger partial charge in [0.1, 0.15) is 0 Å². The summed E-state index contributed by atoms with van der Waals surface area (Å²) in [5, 5.41) is 0. The van der Waals surface area contributed by atoms with E-state index in [1.54, 1.807) is 7.11 Å². The fraction of sp³-hybridized carbons (Fsp3) is 1.00. The number of rotatable bonds is 13. The third-order valence-electron chi connectivity index (χ3n) is 1.85. The van der Waals surface area contributed by atoms with Crippen LogP contribution in [-0.4, -0.2) is 67.5 Å². The zero-order valence-corrected chi connectivity index (χ0v) is 12.2. The van der Waals surface area contributed by atoms with Gasteiger partial charge in [-0.05, 0) is 6.42 Å². The van der Waals surface area contributed by atoms with Crippen molar-refractivity contribution < 1.29 is 27.4 Å². The van der Waals surface area contributed by atoms with Crippen LogP contribution in [0.4, 0.5) is 0 Å². The van der Waals surface area contributed by atoms with Crippen LogP contribution >= 0.6 is 10.7 Å². The molecule has 0 saturated carbocycles. The van der Waals surface area contributed by atoms with E-state index in [0.29, 0.717) is 52.7 Å². The molecule has 0 saturated heterocycles. The molecule has 6 nitrogen and oxygen atoms in total. The van der Waals surface area contributed by atoms with Gasteiger partial charge in [-0.25, -0.2) is 8.42 Å². The monoisotopic (exact) mass is 304 g/mol. The minimum atomic E-state index is -3.40. The average Bonchev–Trinajstić information content (AvgIpc) is 2.29. The predicted molar refractivity (Wildman–Crippen MR) is 68.6 cm³/mol. The maximum Gasteiger partial charge on any atom is 0.232 e. The number of halogens is 1. The summed E-state index contributed by atoms with van der Waals surface area (Å²) in [6.07, 6.45) is 0.395. The van der Waals surface area contributed by atoms with E-state index in [9.17, 15) is 8.42 Å². The second-order valence-corrected chi connectivity index (χ2v) is 6.32. The van der Waals surface area contributed by atoms with Crippen molar-refractivity contribution in [3.05, 3.63) is 0 Å². The topological polar surface area (TPSA) is 71.1 Å². The van der Waals surface area contributed by atoms with Crippen LogP contribution in [0, 0.1) is 0 Å². The Morgan fingerprint density at radius 1 is 0.833 bits per heavy atom. The summed E-state index contributed by atoms with van der Waals surface area (Å²) in [5.74, 6) is -0.0667. The maximum atomic E-state index is 10.6. The van der Waals surface area contributed by atoms with E-state index in [1.807, 2.05) is 0 Å². The first-order valence-electron chi connectivity index (χ1n) is 5.71. The van der Waals surface area contributed by atoms with Crippen molar-refractivity contribution in [3.63, 3.8) is 0 Å². The van der Waals surface area contributed by atoms with Gasteiger partial charge in [0.05, 0.1) is 45.4 Å². The summed E-state index contributed by atoms with van der Waals surface area (Å²) in [7, 11) is 3.25. The minimum Gasteiger partial charge on any atom is -0.382 e. The maximum absolute atomic E-state index is 10.6. The minimum absolute atomic E-state index is 0.0667. The van der Waals surface area contributed by atoms with Gasteiger partial charge in [-0.2, -0.15) is 0 Å². The predicted octanol–water partition coefficient (Wildman–Crippen LogP) is 0.641. The molecule has 0 aromatic carbocycles. The van der Waals surface area contributed by atoms with Gasteiger partial charge in [-0.1, -0.05) is 0 Å². The van der Waals surface area contributed by atoms with Gasteiger partial charge in [0.2, 0.25) is 9.05 Å². The zero-order chi connectivity index (χ0) is 13.7. The molecule has 0 N–H and O–H groups in total. The largest absolute Gasteiger partial charge is 0.382 e. The summed E-state index contributed by atoms with van der Waals surface area (Å²) >= 11 is 0. The van der Waals surface area contributed by atoms with Crippen LogP contribution in [0.25, 0.3) is 0 Å². The molecule has 0 aromatic heterocycles. The fourth-order valence-corrected chi connectivity index (χ4v) is 1.81. The van der Waals surface area contributed by atoms with Crippen molar-refractivity contribution >= 4 is 19.7 Å². The van der Waals surface area contributed by atoms with Gasteiger partial charge in [-0.3, -0.25) is 0 Å². The summed E-state index contributed by atoms with van der Waals surface area (Å²) < 4.78 is 41.5. The molecule has 0 bridgehead atoms. The van der Waals surface area contributed by atoms with Crippen molar-refractivity contribution in [2.24, 2.45) is 0 Å². The molecule has 0 heterocycles. The third kappa shape index (κ3) is 16.1. The van der Waals surface area contributed by atoms with Crippen molar-refractivity contribution in [2.45, 2.75) is 6.42 Å². The molecule has 0 fully saturated rings. The van der Waals surface area contributed by atoms with Crippen molar-refractivity contribution in [1.29, 1.82) is 0 Å². The van der Waals surface area contributed by atoms with Crippen LogP contribution in [0.1, 0.15) is 6.42 Å². The van der Waals surface area contributed by atoms with Crippen LogP contribution in [0.15, 0.2) is 0 Å². The van der Waals surface area contributed by atoms with E-state index in [1.165, 1.54) is 0 Å². The molecule has 0 aromatic rings. The van der Waals surface area contributed by atoms with Crippen molar-refractivity contribution in [1.82, 2.24) is 0 Å². The molecule has 0 radical (unpaired) electrons. The molecule has 0 unspecified atom stereocenters. The van der Waals surface area contributed by atoms with Crippen molar-refractivity contribution in [2.75, 3.05) is 59.1 Å². The van der Waals surface area contributed by atoms with E-state index in [2.05, 4.69) is 0 Å². The molecular formula is C10H21ClO6S. The highest BCUT2D eigenvalue weighted by Crippen LogP contribution is 1.98. The smallest absolute Gasteiger partial charge is 0.232 e. The standard InChI is InChI=1S/C10H21ClO6S/c1-14-4-5-16-8-9-17-7-6-15-3-2-10-18(11,12)13/h2-10H2,1H3. The molecular weight excluding hydrogens is 284 g/mol. The van der Waals surface area contributed by atoms with Crippen LogP contribution < -0.4 is 0 Å². The highest BCUT2D eigenvalue weighted by atomic mass is 35.7. The van der Waals surface area contributed by atoms with E-state index < -0.39 is 9.05 Å². The summed E-state index contributed by atoms with van der Waals surface area (Å²) in [4.78, 5) is 0. The fourth-order valence-electron chi connectivity index (χ4n) is 1.02. The van der Waals surface area contributed by atoms with Crippen LogP contribution in [0.5, 0.6) is 0 Å². The molecule has 0 rings (SSSR count). The number of hydrogen-bond donors (Lipinski definition) is 0. The summed E-state index contributed by atoms with van der Waals surface area (Å²) in [5.41, 5.74) is 0. The molecule has 0 aliphatic carbocycles. The van der Waals surface area contributed by atoms with Crippen LogP contribution in [0.3, 0.4) is 0 Å². The molecule has 8 heteroatoms. The lowest BCUT2D eigenvalue weighted by Gasteiger charge is -2.06. The average molecular weight is 305 g/mol. The third-order valence-corrected chi connectivity index (χ3v) is 3.09. The number of hydrogen-bond acceptors (Lipinski definition) is 6. The normalized spacial score (nSPS) is 11.9. The van der Waals surface area contributed by atoms with E-state index in [0.717, 1.165) is 0 Å². The Morgan fingerprint density at radius 2 is 1.28 bits per heavy atom. The Labute approximate surface area is 113 Å². The van der Waals surface area contributed by atoms with Crippen molar-refractivity contribution in [3.8, 4) is 0 Å². The summed E-state index contributed by atoms with van der Waals surface area (Å²) in [6, 6.07) is 0. The van der Waals surface area contributed by atoms with Gasteiger partial charge in [0.25, 0.3) is 0 Å². The highest BCUT2D eigenvalue weighted by Gasteiger charge is 2.03. The van der Waals surface area contributed by atoms with Gasteiger partial charge in [0, 0.05) is 24.4 Å². The quantitative estimate of drug-likeness (QED) is 0.367. The molecule has 0 aliphatic heterocycles. The molecule has 0 atom stereocenters. The Bertz CT molecular complexity index is 270. The number of ether oxygens (including phenoxy) is 4. The van der Waals surface area contributed by atoms with Gasteiger partial charge < -0.3 is 18.9 Å². The molecule has 110 valence electrons. The lowest BCUT2D eigenvalue weighted by Crippen LogP contribution is -2.12. The zero-order valence-electron chi connectivity index (χ0n) is 10.6. The molecule has 0 aliphatic rings. The van der Waals surface area contributed by atoms with Gasteiger partial charge in [0.15, 0.2) is 0 Å². The van der Waals surface area contributed by atoms with Crippen LogP contribution in [0.2, 0.25) is 0 Å². The van der Waals surface area contributed by atoms with Gasteiger partial charge in [-0.15, -0.1) is 0 Å². The second kappa shape index (κ2) is 12.1. The first-order chi connectivity index (χ1) is 8.56. The molecule has 0 amide bonds. The van der Waals surface area contributed by atoms with E-state index >= 15 is 0 Å². The van der Waals surface area contributed by atoms with E-state index in [4.69, 9.17) is 29.6 Å². The Balaban J connectivity index is 3.03. The first-order valence-corrected chi connectivity index (χ1v) is 8.18.